The lowest BCUT2D eigenvalue weighted by Crippen LogP contribution is -2.35. The van der Waals surface area contributed by atoms with Gasteiger partial charge in [0.15, 0.2) is 0 Å². The van der Waals surface area contributed by atoms with Crippen molar-refractivity contribution in [3.63, 3.8) is 0 Å². The van der Waals surface area contributed by atoms with Gasteiger partial charge in [0.25, 0.3) is 0 Å². The van der Waals surface area contributed by atoms with Gasteiger partial charge in [-0.15, -0.1) is 0 Å². The molecule has 5 heteroatoms. The zero-order chi connectivity index (χ0) is 17.6. The van der Waals surface area contributed by atoms with E-state index in [4.69, 9.17) is 4.74 Å². The monoisotopic (exact) mass is 324 g/mol. The van der Waals surface area contributed by atoms with E-state index in [1.165, 1.54) is 0 Å². The number of nitrogens with one attached hydrogen (secondary N) is 1. The highest BCUT2D eigenvalue weighted by Crippen LogP contribution is 2.16. The van der Waals surface area contributed by atoms with Crippen molar-refractivity contribution in [1.82, 2.24) is 10.2 Å². The summed E-state index contributed by atoms with van der Waals surface area (Å²) in [5, 5.41) is 3.34. The third-order valence-corrected chi connectivity index (χ3v) is 3.52. The quantitative estimate of drug-likeness (QED) is 0.803. The van der Waals surface area contributed by atoms with Crippen LogP contribution in [0.5, 0.6) is 0 Å². The summed E-state index contributed by atoms with van der Waals surface area (Å²) < 4.78 is 18.9. The first kappa shape index (κ1) is 19.4. The molecule has 23 heavy (non-hydrogen) atoms. The zero-order valence-electron chi connectivity index (χ0n) is 15.1. The molecule has 0 bridgehead atoms. The van der Waals surface area contributed by atoms with E-state index in [-0.39, 0.29) is 18.0 Å². The Balaban J connectivity index is 2.33. The van der Waals surface area contributed by atoms with Gasteiger partial charge in [0.1, 0.15) is 11.4 Å². The lowest BCUT2D eigenvalue weighted by atomic mass is 10.1. The molecule has 1 atom stereocenters. The van der Waals surface area contributed by atoms with Crippen LogP contribution < -0.4 is 5.32 Å². The minimum atomic E-state index is -0.479. The Morgan fingerprint density at radius 3 is 2.61 bits per heavy atom. The third-order valence-electron chi connectivity index (χ3n) is 3.52. The molecule has 0 aliphatic rings. The van der Waals surface area contributed by atoms with Gasteiger partial charge in [-0.25, -0.2) is 9.18 Å². The smallest absolute Gasteiger partial charge is 0.410 e. The van der Waals surface area contributed by atoms with Crippen LogP contribution in [0, 0.1) is 12.7 Å². The number of amides is 1. The van der Waals surface area contributed by atoms with Crippen molar-refractivity contribution in [2.24, 2.45) is 0 Å². The molecular formula is C18H29FN2O2. The summed E-state index contributed by atoms with van der Waals surface area (Å²) in [6.07, 6.45) is 0.486. The van der Waals surface area contributed by atoms with Gasteiger partial charge >= 0.3 is 6.09 Å². The van der Waals surface area contributed by atoms with Crippen LogP contribution in [-0.2, 0) is 4.74 Å². The van der Waals surface area contributed by atoms with Crippen molar-refractivity contribution in [3.05, 3.63) is 35.1 Å². The number of rotatable bonds is 6. The number of aryl methyl sites for hydroxylation is 1. The predicted octanol–water partition coefficient (Wildman–Crippen LogP) is 4.04. The summed E-state index contributed by atoms with van der Waals surface area (Å²) in [5.41, 5.74) is 1.10. The van der Waals surface area contributed by atoms with Crippen molar-refractivity contribution in [2.45, 2.75) is 52.7 Å². The van der Waals surface area contributed by atoms with Crippen LogP contribution in [0.25, 0.3) is 0 Å². The maximum absolute atomic E-state index is 13.6. The van der Waals surface area contributed by atoms with Crippen LogP contribution in [0.2, 0.25) is 0 Å². The van der Waals surface area contributed by atoms with Crippen LogP contribution >= 0.6 is 0 Å². The Morgan fingerprint density at radius 2 is 2.04 bits per heavy atom. The van der Waals surface area contributed by atoms with Gasteiger partial charge in [-0.05, 0) is 64.8 Å². The fourth-order valence-corrected chi connectivity index (χ4v) is 2.06. The summed E-state index contributed by atoms with van der Waals surface area (Å²) in [5.74, 6) is -0.180. The van der Waals surface area contributed by atoms with Crippen LogP contribution in [0.1, 0.15) is 51.3 Å². The molecule has 1 unspecified atom stereocenters. The molecule has 1 aromatic carbocycles. The Bertz CT molecular complexity index is 526. The summed E-state index contributed by atoms with van der Waals surface area (Å²) in [4.78, 5) is 13.4. The largest absolute Gasteiger partial charge is 0.444 e. The number of carbonyl (C=O) groups excluding carboxylic acids is 1. The lowest BCUT2D eigenvalue weighted by molar-refractivity contribution is 0.0297. The topological polar surface area (TPSA) is 41.6 Å². The van der Waals surface area contributed by atoms with Gasteiger partial charge in [0, 0.05) is 19.6 Å². The number of benzene rings is 1. The fraction of sp³-hybridized carbons (Fsp3) is 0.611. The Morgan fingerprint density at radius 1 is 1.39 bits per heavy atom. The van der Waals surface area contributed by atoms with E-state index in [2.05, 4.69) is 5.32 Å². The SMILES string of the molecule is Cc1ccc(C(C)NCCCN(C)C(=O)OC(C)(C)C)cc1F. The van der Waals surface area contributed by atoms with Gasteiger partial charge in [0.2, 0.25) is 0 Å². The van der Waals surface area contributed by atoms with E-state index in [1.807, 2.05) is 33.8 Å². The van der Waals surface area contributed by atoms with Gasteiger partial charge in [-0.1, -0.05) is 12.1 Å². The molecule has 0 saturated heterocycles. The second kappa shape index (κ2) is 8.29. The summed E-state index contributed by atoms with van der Waals surface area (Å²) in [6, 6.07) is 5.36. The zero-order valence-corrected chi connectivity index (χ0v) is 15.1. The molecule has 0 radical (unpaired) electrons. The van der Waals surface area contributed by atoms with E-state index in [0.717, 1.165) is 18.5 Å². The van der Waals surface area contributed by atoms with Crippen molar-refractivity contribution in [2.75, 3.05) is 20.1 Å². The second-order valence-electron chi connectivity index (χ2n) is 6.94. The predicted molar refractivity (Wildman–Crippen MR) is 91.0 cm³/mol. The van der Waals surface area contributed by atoms with E-state index in [9.17, 15) is 9.18 Å². The van der Waals surface area contributed by atoms with Gasteiger partial charge in [-0.3, -0.25) is 0 Å². The number of carbonyl (C=O) groups is 1. The van der Waals surface area contributed by atoms with E-state index in [1.54, 1.807) is 31.0 Å². The molecule has 1 N–H and O–H groups in total. The lowest BCUT2D eigenvalue weighted by Gasteiger charge is -2.24. The average Bonchev–Trinajstić information content (AvgIpc) is 2.44. The molecule has 130 valence electrons. The Kier molecular flexibility index (Phi) is 7.01. The van der Waals surface area contributed by atoms with Crippen LogP contribution in [0.3, 0.4) is 0 Å². The number of hydrogen-bond donors (Lipinski definition) is 1. The molecule has 1 amide bonds. The van der Waals surface area contributed by atoms with Gasteiger partial charge in [0.05, 0.1) is 0 Å². The molecular weight excluding hydrogens is 295 g/mol. The molecule has 1 aromatic rings. The van der Waals surface area contributed by atoms with E-state index < -0.39 is 5.60 Å². The van der Waals surface area contributed by atoms with Crippen molar-refractivity contribution in [3.8, 4) is 0 Å². The molecule has 0 aliphatic carbocycles. The normalized spacial score (nSPS) is 12.8. The average molecular weight is 324 g/mol. The minimum Gasteiger partial charge on any atom is -0.444 e. The first-order chi connectivity index (χ1) is 10.6. The first-order valence-corrected chi connectivity index (χ1v) is 8.03. The van der Waals surface area contributed by atoms with Crippen molar-refractivity contribution < 1.29 is 13.9 Å². The third kappa shape index (κ3) is 6.99. The number of ether oxygens (including phenoxy) is 1. The highest BCUT2D eigenvalue weighted by molar-refractivity contribution is 5.67. The second-order valence-corrected chi connectivity index (χ2v) is 6.94. The maximum Gasteiger partial charge on any atom is 0.410 e. The van der Waals surface area contributed by atoms with Crippen LogP contribution in [0.15, 0.2) is 18.2 Å². The first-order valence-electron chi connectivity index (χ1n) is 8.03. The minimum absolute atomic E-state index is 0.0666. The Hall–Kier alpha value is -1.62. The highest BCUT2D eigenvalue weighted by atomic mass is 19.1. The summed E-state index contributed by atoms with van der Waals surface area (Å²) in [6.45, 7) is 10.7. The highest BCUT2D eigenvalue weighted by Gasteiger charge is 2.19. The van der Waals surface area contributed by atoms with Crippen LogP contribution in [-0.4, -0.2) is 36.7 Å². The maximum atomic E-state index is 13.6. The summed E-state index contributed by atoms with van der Waals surface area (Å²) in [7, 11) is 1.73. The fourth-order valence-electron chi connectivity index (χ4n) is 2.06. The Labute approximate surface area is 139 Å². The van der Waals surface area contributed by atoms with Crippen LogP contribution in [0.4, 0.5) is 9.18 Å². The van der Waals surface area contributed by atoms with E-state index >= 15 is 0 Å². The standard InChI is InChI=1S/C18H29FN2O2/c1-13-8-9-15(12-16(13)19)14(2)20-10-7-11-21(6)17(22)23-18(3,4)5/h8-9,12,14,20H,7,10-11H2,1-6H3. The summed E-state index contributed by atoms with van der Waals surface area (Å²) >= 11 is 0. The molecule has 0 aromatic heterocycles. The van der Waals surface area contributed by atoms with Crippen molar-refractivity contribution >= 4 is 6.09 Å². The molecule has 1 rings (SSSR count). The van der Waals surface area contributed by atoms with Crippen molar-refractivity contribution in [1.29, 1.82) is 0 Å². The molecule has 0 heterocycles. The number of hydrogen-bond acceptors (Lipinski definition) is 3. The molecule has 0 fully saturated rings. The molecule has 0 saturated carbocycles. The molecule has 0 aliphatic heterocycles. The number of nitrogens with zero attached hydrogens (tertiary/aromatic N) is 1. The van der Waals surface area contributed by atoms with Gasteiger partial charge in [-0.2, -0.15) is 0 Å². The molecule has 4 nitrogen and oxygen atoms in total. The number of halogens is 1. The van der Waals surface area contributed by atoms with Gasteiger partial charge < -0.3 is 15.0 Å². The van der Waals surface area contributed by atoms with E-state index in [0.29, 0.717) is 12.1 Å². The molecule has 0 spiro atoms.